The van der Waals surface area contributed by atoms with Gasteiger partial charge in [-0.05, 0) is 11.5 Å². The Balaban J connectivity index is 3.02. The Morgan fingerprint density at radius 2 is 2.25 bits per heavy atom. The van der Waals surface area contributed by atoms with Gasteiger partial charge in [-0.3, -0.25) is 4.79 Å². The van der Waals surface area contributed by atoms with Crippen molar-refractivity contribution in [1.82, 2.24) is 0 Å². The maximum Gasteiger partial charge on any atom is 0.303 e. The minimum atomic E-state index is -1.47. The van der Waals surface area contributed by atoms with Crippen LogP contribution in [0.25, 0.3) is 0 Å². The largest absolute Gasteiger partial charge is 0.481 e. The molecule has 0 bridgehead atoms. The first-order chi connectivity index (χ1) is 6.46. The average molecular weight is 167 g/mol. The van der Waals surface area contributed by atoms with E-state index in [9.17, 15) is 4.79 Å². The molecule has 2 atom stereocenters. The quantitative estimate of drug-likeness (QED) is 0.701. The van der Waals surface area contributed by atoms with Crippen molar-refractivity contribution in [2.24, 2.45) is 0 Å². The molecule has 0 aliphatic rings. The van der Waals surface area contributed by atoms with E-state index in [2.05, 4.69) is 0 Å². The van der Waals surface area contributed by atoms with Crippen molar-refractivity contribution in [1.29, 1.82) is 0 Å². The van der Waals surface area contributed by atoms with Gasteiger partial charge in [-0.25, -0.2) is 0 Å². The number of carbonyl (C=O) groups is 1. The summed E-state index contributed by atoms with van der Waals surface area (Å²) in [5, 5.41) is 8.67. The summed E-state index contributed by atoms with van der Waals surface area (Å²) in [6.07, 6.45) is -1.47. The zero-order chi connectivity index (χ0) is 10.8. The SMILES string of the molecule is [2H][C@H](C(=O)O)[13C@@]([2H])(C)c1ccccc1. The predicted molar refractivity (Wildman–Crippen MR) is 47.1 cm³/mol. The molecular weight excluding hydrogens is 153 g/mol. The third-order valence-electron chi connectivity index (χ3n) is 1.57. The van der Waals surface area contributed by atoms with Crippen molar-refractivity contribution < 1.29 is 12.6 Å². The number of hydrogen-bond acceptors (Lipinski definition) is 1. The molecule has 1 N–H and O–H groups in total. The van der Waals surface area contributed by atoms with Crippen LogP contribution in [-0.2, 0) is 4.79 Å². The van der Waals surface area contributed by atoms with E-state index >= 15 is 0 Å². The van der Waals surface area contributed by atoms with Crippen LogP contribution in [0.3, 0.4) is 0 Å². The lowest BCUT2D eigenvalue weighted by atomic mass is 10.2. The van der Waals surface area contributed by atoms with Crippen molar-refractivity contribution in [2.45, 2.75) is 19.2 Å². The van der Waals surface area contributed by atoms with Crippen LogP contribution in [0, 0.1) is 0 Å². The van der Waals surface area contributed by atoms with E-state index in [4.69, 9.17) is 7.85 Å². The van der Waals surface area contributed by atoms with Crippen LogP contribution in [0.4, 0.5) is 0 Å². The number of rotatable bonds is 3. The molecule has 0 unspecified atom stereocenters. The van der Waals surface area contributed by atoms with E-state index in [1.54, 1.807) is 30.3 Å². The highest BCUT2D eigenvalue weighted by molar-refractivity contribution is 5.67. The topological polar surface area (TPSA) is 37.3 Å². The normalized spacial score (nSPS) is 20.1. The molecule has 1 rings (SSSR count). The van der Waals surface area contributed by atoms with Gasteiger partial charge in [0.1, 0.15) is 0 Å². The molecule has 0 aliphatic heterocycles. The monoisotopic (exact) mass is 167 g/mol. The minimum Gasteiger partial charge on any atom is -0.481 e. The summed E-state index contributed by atoms with van der Waals surface area (Å²) in [6, 6.07) is 8.58. The fourth-order valence-electron chi connectivity index (χ4n) is 0.970. The van der Waals surface area contributed by atoms with Gasteiger partial charge < -0.3 is 5.11 Å². The molecule has 64 valence electrons. The summed E-state index contributed by atoms with van der Waals surface area (Å²) in [6.45, 7) is 1.44. The lowest BCUT2D eigenvalue weighted by Crippen LogP contribution is -2.02. The van der Waals surface area contributed by atoms with Crippen LogP contribution in [0.5, 0.6) is 0 Å². The van der Waals surface area contributed by atoms with E-state index < -0.39 is 18.3 Å². The van der Waals surface area contributed by atoms with Gasteiger partial charge in [-0.2, -0.15) is 0 Å². The zero-order valence-corrected chi connectivity index (χ0v) is 6.82. The smallest absolute Gasteiger partial charge is 0.303 e. The highest BCUT2D eigenvalue weighted by Crippen LogP contribution is 2.17. The summed E-state index contributed by atoms with van der Waals surface area (Å²) in [5.41, 5.74) is 0.544. The number of benzene rings is 1. The molecular formula is C10H12O2. The molecule has 0 saturated carbocycles. The lowest BCUT2D eigenvalue weighted by Gasteiger charge is -2.07. The van der Waals surface area contributed by atoms with Crippen molar-refractivity contribution in [3.8, 4) is 0 Å². The number of carboxylic acids is 1. The van der Waals surface area contributed by atoms with E-state index in [1.165, 1.54) is 6.92 Å². The third-order valence-corrected chi connectivity index (χ3v) is 1.57. The van der Waals surface area contributed by atoms with Crippen LogP contribution in [0.1, 0.15) is 27.5 Å². The Morgan fingerprint density at radius 3 is 2.75 bits per heavy atom. The van der Waals surface area contributed by atoms with E-state index in [0.717, 1.165) is 0 Å². The molecule has 0 radical (unpaired) electrons. The Kier molecular flexibility index (Phi) is 2.03. The predicted octanol–water partition coefficient (Wildman–Crippen LogP) is 2.26. The number of carboxylic acid groups (broad SMARTS) is 1. The molecule has 1 aromatic carbocycles. The number of aliphatic carboxylic acids is 1. The van der Waals surface area contributed by atoms with Crippen LogP contribution in [0.2, 0.25) is 0 Å². The average Bonchev–Trinajstić information content (AvgIpc) is 2.18. The molecule has 12 heavy (non-hydrogen) atoms. The fourth-order valence-corrected chi connectivity index (χ4v) is 0.970. The Hall–Kier alpha value is -1.31. The van der Waals surface area contributed by atoms with Crippen molar-refractivity contribution in [3.63, 3.8) is 0 Å². The van der Waals surface area contributed by atoms with Crippen LogP contribution in [0.15, 0.2) is 30.3 Å². The fraction of sp³-hybridized carbons (Fsp3) is 0.300. The first-order valence-corrected chi connectivity index (χ1v) is 3.67. The van der Waals surface area contributed by atoms with Gasteiger partial charge in [0.05, 0.1) is 6.40 Å². The van der Waals surface area contributed by atoms with Gasteiger partial charge in [0, 0.05) is 2.74 Å². The molecule has 0 heterocycles. The van der Waals surface area contributed by atoms with Gasteiger partial charge >= 0.3 is 5.97 Å². The molecule has 2 nitrogen and oxygen atoms in total. The molecule has 0 amide bonds. The van der Waals surface area contributed by atoms with Gasteiger partial charge in [-0.15, -0.1) is 0 Å². The van der Waals surface area contributed by atoms with Crippen molar-refractivity contribution in [2.75, 3.05) is 0 Å². The van der Waals surface area contributed by atoms with E-state index in [0.29, 0.717) is 5.56 Å². The summed E-state index contributed by atoms with van der Waals surface area (Å²) in [5.74, 6) is -2.68. The third kappa shape index (κ3) is 2.38. The summed E-state index contributed by atoms with van der Waals surface area (Å²) in [7, 11) is 0. The molecule has 0 aromatic heterocycles. The standard InChI is InChI=1S/C10H12O2/c1-8(7-10(11)12)9-5-3-2-4-6-9/h2-6,8H,7H2,1H3,(H,11,12)/t8-/m1/s1/i7D,8+1D/t7-,8+/m0. The zero-order valence-electron chi connectivity index (χ0n) is 8.82. The van der Waals surface area contributed by atoms with E-state index in [1.807, 2.05) is 0 Å². The maximum absolute atomic E-state index is 10.6. The highest BCUT2D eigenvalue weighted by atomic mass is 16.4. The van der Waals surface area contributed by atoms with E-state index in [-0.39, 0.29) is 0 Å². The summed E-state index contributed by atoms with van der Waals surface area (Å²) in [4.78, 5) is 10.6. The van der Waals surface area contributed by atoms with Crippen molar-refractivity contribution >= 4 is 5.97 Å². The Bertz CT molecular complexity index is 322. The molecule has 1 aromatic rings. The first kappa shape index (κ1) is 6.23. The van der Waals surface area contributed by atoms with Crippen molar-refractivity contribution in [3.05, 3.63) is 35.9 Å². The molecule has 2 heteroatoms. The van der Waals surface area contributed by atoms with Gasteiger partial charge in [-0.1, -0.05) is 37.3 Å². The Labute approximate surface area is 74.7 Å². The van der Waals surface area contributed by atoms with Crippen LogP contribution >= 0.6 is 0 Å². The van der Waals surface area contributed by atoms with Gasteiger partial charge in [0.15, 0.2) is 0 Å². The van der Waals surface area contributed by atoms with Crippen LogP contribution in [-0.4, -0.2) is 11.1 Å². The molecule has 0 spiro atoms. The van der Waals surface area contributed by atoms with Gasteiger partial charge in [0.25, 0.3) is 0 Å². The summed E-state index contributed by atoms with van der Waals surface area (Å²) >= 11 is 0. The first-order valence-electron chi connectivity index (χ1n) is 4.74. The maximum atomic E-state index is 10.6. The Morgan fingerprint density at radius 1 is 1.67 bits per heavy atom. The summed E-state index contributed by atoms with van der Waals surface area (Å²) < 4.78 is 15.2. The molecule has 0 saturated heterocycles. The molecule has 0 fully saturated rings. The lowest BCUT2D eigenvalue weighted by molar-refractivity contribution is -0.137. The highest BCUT2D eigenvalue weighted by Gasteiger charge is 2.08. The number of hydrogen-bond donors (Lipinski definition) is 1. The molecule has 0 aliphatic carbocycles. The van der Waals surface area contributed by atoms with Crippen LogP contribution < -0.4 is 0 Å². The second-order valence-electron chi connectivity index (χ2n) is 2.53. The van der Waals surface area contributed by atoms with Gasteiger partial charge in [0.2, 0.25) is 0 Å². The second kappa shape index (κ2) is 3.90. The second-order valence-corrected chi connectivity index (χ2v) is 2.53. The minimum absolute atomic E-state index is 0.544.